The third kappa shape index (κ3) is 3.02. The zero-order valence-corrected chi connectivity index (χ0v) is 12.2. The lowest BCUT2D eigenvalue weighted by Crippen LogP contribution is -2.46. The lowest BCUT2D eigenvalue weighted by molar-refractivity contribution is -0.118. The summed E-state index contributed by atoms with van der Waals surface area (Å²) < 4.78 is 92.5. The van der Waals surface area contributed by atoms with E-state index in [0.717, 1.165) is 0 Å². The Labute approximate surface area is 127 Å². The summed E-state index contributed by atoms with van der Waals surface area (Å²) in [7, 11) is -5.57. The van der Waals surface area contributed by atoms with Crippen LogP contribution in [0, 0.1) is 17.5 Å². The van der Waals surface area contributed by atoms with E-state index in [9.17, 15) is 35.2 Å². The molecule has 11 heteroatoms. The highest BCUT2D eigenvalue weighted by atomic mass is 32.2. The molecule has 1 aliphatic carbocycles. The molecule has 2 rings (SSSR count). The molecule has 1 aromatic rings. The predicted octanol–water partition coefficient (Wildman–Crippen LogP) is 1.43. The van der Waals surface area contributed by atoms with Gasteiger partial charge in [0.1, 0.15) is 0 Å². The van der Waals surface area contributed by atoms with Gasteiger partial charge in [-0.25, -0.2) is 21.6 Å². The average molecular weight is 358 g/mol. The predicted molar refractivity (Wildman–Crippen MR) is 68.1 cm³/mol. The van der Waals surface area contributed by atoms with Gasteiger partial charge in [0.05, 0.1) is 12.1 Å². The van der Waals surface area contributed by atoms with Crippen LogP contribution < -0.4 is 5.73 Å². The number of amides is 1. The van der Waals surface area contributed by atoms with Crippen LogP contribution in [0.4, 0.5) is 22.0 Å². The molecule has 0 saturated heterocycles. The normalized spacial score (nSPS) is 15.9. The number of carbonyl (C=O) groups excluding carboxylic acids is 1. The number of hydrogen-bond donors (Lipinski definition) is 1. The molecule has 23 heavy (non-hydrogen) atoms. The van der Waals surface area contributed by atoms with E-state index in [4.69, 9.17) is 5.73 Å². The molecule has 0 spiro atoms. The van der Waals surface area contributed by atoms with Crippen molar-refractivity contribution in [1.82, 2.24) is 4.31 Å². The van der Waals surface area contributed by atoms with Crippen LogP contribution in [0.5, 0.6) is 0 Å². The smallest absolute Gasteiger partial charge is 0.369 e. The summed E-state index contributed by atoms with van der Waals surface area (Å²) in [6.45, 7) is -1.02. The van der Waals surface area contributed by atoms with E-state index in [1.165, 1.54) is 0 Å². The molecule has 128 valence electrons. The number of rotatable bonds is 6. The van der Waals surface area contributed by atoms with Crippen LogP contribution in [0.3, 0.4) is 0 Å². The van der Waals surface area contributed by atoms with E-state index in [0.29, 0.717) is 0 Å². The monoisotopic (exact) mass is 358 g/mol. The minimum Gasteiger partial charge on any atom is -0.369 e. The standard InChI is InChI=1S/C12H11F5N2O3S/c13-8-4-3-7(10(14)11(8)15)12(16,17)23(21,22)19(5-9(18)20)6-1-2-6/h3-4,6H,1-2,5H2,(H2,18,20). The van der Waals surface area contributed by atoms with Crippen molar-refractivity contribution in [3.8, 4) is 0 Å². The number of primary amides is 1. The van der Waals surface area contributed by atoms with Crippen LogP contribution >= 0.6 is 0 Å². The summed E-state index contributed by atoms with van der Waals surface area (Å²) in [5.41, 5.74) is 3.00. The first-order chi connectivity index (χ1) is 10.5. The number of hydrogen-bond acceptors (Lipinski definition) is 3. The van der Waals surface area contributed by atoms with Crippen molar-refractivity contribution >= 4 is 15.9 Å². The molecule has 0 radical (unpaired) electrons. The Morgan fingerprint density at radius 2 is 1.78 bits per heavy atom. The van der Waals surface area contributed by atoms with Crippen molar-refractivity contribution < 1.29 is 35.2 Å². The number of carbonyl (C=O) groups is 1. The highest BCUT2D eigenvalue weighted by Crippen LogP contribution is 2.42. The molecule has 0 unspecified atom stereocenters. The van der Waals surface area contributed by atoms with Gasteiger partial charge < -0.3 is 5.73 Å². The Morgan fingerprint density at radius 3 is 2.26 bits per heavy atom. The fraction of sp³-hybridized carbons (Fsp3) is 0.417. The first-order valence-corrected chi connectivity index (χ1v) is 7.75. The molecule has 1 fully saturated rings. The van der Waals surface area contributed by atoms with Gasteiger partial charge in [-0.15, -0.1) is 0 Å². The highest BCUT2D eigenvalue weighted by Gasteiger charge is 2.55. The Morgan fingerprint density at radius 1 is 1.22 bits per heavy atom. The molecule has 0 heterocycles. The zero-order chi connectivity index (χ0) is 17.6. The average Bonchev–Trinajstić information content (AvgIpc) is 3.25. The van der Waals surface area contributed by atoms with Crippen molar-refractivity contribution in [2.24, 2.45) is 5.73 Å². The van der Waals surface area contributed by atoms with Gasteiger partial charge in [-0.3, -0.25) is 4.79 Å². The van der Waals surface area contributed by atoms with E-state index >= 15 is 0 Å². The Hall–Kier alpha value is -1.75. The summed E-state index contributed by atoms with van der Waals surface area (Å²) >= 11 is 0. The number of nitrogens with zero attached hydrogens (tertiary/aromatic N) is 1. The van der Waals surface area contributed by atoms with Gasteiger partial charge in [0.25, 0.3) is 10.0 Å². The van der Waals surface area contributed by atoms with Crippen molar-refractivity contribution in [3.05, 3.63) is 35.1 Å². The maximum Gasteiger partial charge on any atom is 0.387 e. The maximum atomic E-state index is 14.3. The van der Waals surface area contributed by atoms with Crippen molar-refractivity contribution in [1.29, 1.82) is 0 Å². The van der Waals surface area contributed by atoms with Crippen LogP contribution in [0.15, 0.2) is 12.1 Å². The number of halogens is 5. The van der Waals surface area contributed by atoms with Gasteiger partial charge in [-0.05, 0) is 25.0 Å². The van der Waals surface area contributed by atoms with Gasteiger partial charge in [-0.1, -0.05) is 0 Å². The molecule has 0 atom stereocenters. The Bertz CT molecular complexity index is 749. The Balaban J connectivity index is 2.52. The second-order valence-electron chi connectivity index (χ2n) is 4.99. The van der Waals surface area contributed by atoms with Crippen LogP contribution in [0.1, 0.15) is 18.4 Å². The lowest BCUT2D eigenvalue weighted by Gasteiger charge is -2.26. The molecule has 1 saturated carbocycles. The maximum absolute atomic E-state index is 14.3. The minimum absolute atomic E-state index is 0.140. The van der Waals surface area contributed by atoms with Gasteiger partial charge >= 0.3 is 5.25 Å². The number of sulfonamides is 1. The van der Waals surface area contributed by atoms with E-state index in [-0.39, 0.29) is 29.3 Å². The number of benzene rings is 1. The summed E-state index contributed by atoms with van der Waals surface area (Å²) in [5.74, 6) is -7.45. The first-order valence-electron chi connectivity index (χ1n) is 6.31. The summed E-state index contributed by atoms with van der Waals surface area (Å²) in [6, 6.07) is -0.542. The van der Waals surface area contributed by atoms with E-state index in [1.807, 2.05) is 0 Å². The van der Waals surface area contributed by atoms with Gasteiger partial charge in [0, 0.05) is 6.04 Å². The molecule has 0 bridgehead atoms. The summed E-state index contributed by atoms with van der Waals surface area (Å²) in [5, 5.41) is -4.90. The second-order valence-corrected chi connectivity index (χ2v) is 6.92. The van der Waals surface area contributed by atoms with Gasteiger partial charge in [0.15, 0.2) is 17.5 Å². The first kappa shape index (κ1) is 17.6. The quantitative estimate of drug-likeness (QED) is 0.617. The fourth-order valence-electron chi connectivity index (χ4n) is 1.96. The van der Waals surface area contributed by atoms with Crippen LogP contribution in [-0.4, -0.2) is 31.2 Å². The molecular formula is C12H11F5N2O3S. The molecule has 1 aromatic carbocycles. The van der Waals surface area contributed by atoms with Crippen LogP contribution in [-0.2, 0) is 20.1 Å². The largest absolute Gasteiger partial charge is 0.387 e. The van der Waals surface area contributed by atoms with Crippen molar-refractivity contribution in [2.75, 3.05) is 6.54 Å². The lowest BCUT2D eigenvalue weighted by atomic mass is 10.2. The molecule has 0 aromatic heterocycles. The summed E-state index contributed by atoms with van der Waals surface area (Å²) in [4.78, 5) is 10.9. The second kappa shape index (κ2) is 5.71. The van der Waals surface area contributed by atoms with Crippen molar-refractivity contribution in [2.45, 2.75) is 24.1 Å². The molecular weight excluding hydrogens is 347 g/mol. The van der Waals surface area contributed by atoms with E-state index < -0.39 is 56.8 Å². The SMILES string of the molecule is NC(=O)CN(C1CC1)S(=O)(=O)C(F)(F)c1ccc(F)c(F)c1F. The molecule has 2 N–H and O–H groups in total. The van der Waals surface area contributed by atoms with Crippen LogP contribution in [0.25, 0.3) is 0 Å². The summed E-state index contributed by atoms with van der Waals surface area (Å²) in [6.07, 6.45) is 0.450. The zero-order valence-electron chi connectivity index (χ0n) is 11.4. The highest BCUT2D eigenvalue weighted by molar-refractivity contribution is 7.89. The molecule has 1 amide bonds. The van der Waals surface area contributed by atoms with E-state index in [1.54, 1.807) is 0 Å². The number of alkyl halides is 2. The topological polar surface area (TPSA) is 80.5 Å². The molecule has 5 nitrogen and oxygen atoms in total. The van der Waals surface area contributed by atoms with Gasteiger partial charge in [-0.2, -0.15) is 13.1 Å². The van der Waals surface area contributed by atoms with Gasteiger partial charge in [0.2, 0.25) is 5.91 Å². The Kier molecular flexibility index (Phi) is 4.37. The van der Waals surface area contributed by atoms with Crippen LogP contribution in [0.2, 0.25) is 0 Å². The third-order valence-corrected chi connectivity index (χ3v) is 5.16. The van der Waals surface area contributed by atoms with Crippen molar-refractivity contribution in [3.63, 3.8) is 0 Å². The molecule has 0 aliphatic heterocycles. The third-order valence-electron chi connectivity index (χ3n) is 3.25. The minimum atomic E-state index is -5.57. The molecule has 1 aliphatic rings. The fourth-order valence-corrected chi connectivity index (χ4v) is 3.59. The van der Waals surface area contributed by atoms with E-state index in [2.05, 4.69) is 0 Å². The number of nitrogens with two attached hydrogens (primary N) is 1.